The van der Waals surface area contributed by atoms with Crippen LogP contribution in [-0.4, -0.2) is 22.6 Å². The quantitative estimate of drug-likeness (QED) is 0.673. The molecule has 0 bridgehead atoms. The maximum atomic E-state index is 12.6. The van der Waals surface area contributed by atoms with E-state index in [9.17, 15) is 4.79 Å². The minimum Gasteiger partial charge on any atom is -0.300 e. The highest BCUT2D eigenvalue weighted by Crippen LogP contribution is 2.26. The van der Waals surface area contributed by atoms with Gasteiger partial charge in [-0.15, -0.1) is 10.2 Å². The lowest BCUT2D eigenvalue weighted by molar-refractivity contribution is -0.119. The van der Waals surface area contributed by atoms with Gasteiger partial charge in [0.15, 0.2) is 0 Å². The fourth-order valence-corrected chi connectivity index (χ4v) is 3.63. The SMILES string of the molecule is CCCCCc1nnc(NC(=O)C2CNNC2c2ccccc2)s1. The van der Waals surface area contributed by atoms with Gasteiger partial charge in [0.05, 0.1) is 12.0 Å². The molecule has 3 rings (SSSR count). The molecule has 1 aromatic carbocycles. The first-order valence-electron chi connectivity index (χ1n) is 8.44. The zero-order valence-corrected chi connectivity index (χ0v) is 14.6. The zero-order valence-electron chi connectivity index (χ0n) is 13.8. The largest absolute Gasteiger partial charge is 0.300 e. The number of hydrogen-bond acceptors (Lipinski definition) is 6. The normalized spacial score (nSPS) is 20.2. The molecule has 1 aliphatic rings. The van der Waals surface area contributed by atoms with Crippen LogP contribution in [0, 0.1) is 5.92 Å². The van der Waals surface area contributed by atoms with Crippen molar-refractivity contribution in [3.63, 3.8) is 0 Å². The van der Waals surface area contributed by atoms with Crippen molar-refractivity contribution >= 4 is 22.4 Å². The number of nitrogens with one attached hydrogen (secondary N) is 3. The molecule has 3 N–H and O–H groups in total. The summed E-state index contributed by atoms with van der Waals surface area (Å²) in [4.78, 5) is 12.6. The number of hydrazine groups is 1. The highest BCUT2D eigenvalue weighted by atomic mass is 32.1. The van der Waals surface area contributed by atoms with Crippen LogP contribution >= 0.6 is 11.3 Å². The Balaban J connectivity index is 1.60. The third kappa shape index (κ3) is 4.17. The van der Waals surface area contributed by atoms with Crippen molar-refractivity contribution in [2.45, 2.75) is 38.6 Å². The smallest absolute Gasteiger partial charge is 0.232 e. The van der Waals surface area contributed by atoms with Crippen LogP contribution in [0.25, 0.3) is 0 Å². The van der Waals surface area contributed by atoms with Crippen LogP contribution in [0.5, 0.6) is 0 Å². The highest BCUT2D eigenvalue weighted by molar-refractivity contribution is 7.15. The Kier molecular flexibility index (Phi) is 5.90. The summed E-state index contributed by atoms with van der Waals surface area (Å²) in [7, 11) is 0. The second kappa shape index (κ2) is 8.32. The number of nitrogens with zero attached hydrogens (tertiary/aromatic N) is 2. The molecule has 0 aliphatic carbocycles. The Hall–Kier alpha value is -1.83. The number of benzene rings is 1. The van der Waals surface area contributed by atoms with E-state index in [-0.39, 0.29) is 17.9 Å². The van der Waals surface area contributed by atoms with Crippen LogP contribution in [0.1, 0.15) is 42.8 Å². The molecule has 0 spiro atoms. The number of amides is 1. The molecule has 1 amide bonds. The highest BCUT2D eigenvalue weighted by Gasteiger charge is 2.34. The molecule has 2 heterocycles. The molecule has 1 fully saturated rings. The van der Waals surface area contributed by atoms with E-state index in [0.29, 0.717) is 11.7 Å². The summed E-state index contributed by atoms with van der Waals surface area (Å²) in [5.74, 6) is -0.211. The van der Waals surface area contributed by atoms with Crippen molar-refractivity contribution in [2.75, 3.05) is 11.9 Å². The van der Waals surface area contributed by atoms with Crippen LogP contribution in [0.15, 0.2) is 30.3 Å². The van der Waals surface area contributed by atoms with Gasteiger partial charge in [0.25, 0.3) is 0 Å². The van der Waals surface area contributed by atoms with E-state index in [0.717, 1.165) is 23.4 Å². The maximum Gasteiger partial charge on any atom is 0.232 e. The lowest BCUT2D eigenvalue weighted by atomic mass is 9.94. The van der Waals surface area contributed by atoms with Crippen LogP contribution in [0.2, 0.25) is 0 Å². The Bertz CT molecular complexity index is 660. The Morgan fingerprint density at radius 2 is 2.12 bits per heavy atom. The Morgan fingerprint density at radius 3 is 2.92 bits per heavy atom. The zero-order chi connectivity index (χ0) is 16.8. The molecule has 1 aliphatic heterocycles. The molecule has 2 aromatic rings. The number of hydrogen-bond donors (Lipinski definition) is 3. The molecule has 2 atom stereocenters. The van der Waals surface area contributed by atoms with Gasteiger partial charge < -0.3 is 5.32 Å². The summed E-state index contributed by atoms with van der Waals surface area (Å²) in [6.07, 6.45) is 4.43. The lowest BCUT2D eigenvalue weighted by Crippen LogP contribution is -2.29. The van der Waals surface area contributed by atoms with Gasteiger partial charge in [-0.3, -0.25) is 10.2 Å². The number of carbonyl (C=O) groups excluding carboxylic acids is 1. The number of aromatic nitrogens is 2. The van der Waals surface area contributed by atoms with Gasteiger partial charge in [0.2, 0.25) is 11.0 Å². The summed E-state index contributed by atoms with van der Waals surface area (Å²) in [5, 5.41) is 12.8. The van der Waals surface area contributed by atoms with E-state index in [1.807, 2.05) is 30.3 Å². The van der Waals surface area contributed by atoms with Crippen LogP contribution in [-0.2, 0) is 11.2 Å². The summed E-state index contributed by atoms with van der Waals surface area (Å²) >= 11 is 1.47. The van der Waals surface area contributed by atoms with Gasteiger partial charge in [-0.05, 0) is 12.0 Å². The fraction of sp³-hybridized carbons (Fsp3) is 0.471. The number of rotatable bonds is 7. The predicted octanol–water partition coefficient (Wildman–Crippen LogP) is 2.67. The van der Waals surface area contributed by atoms with E-state index < -0.39 is 0 Å². The molecule has 1 saturated heterocycles. The second-order valence-electron chi connectivity index (χ2n) is 5.97. The summed E-state index contributed by atoms with van der Waals surface area (Å²) in [6.45, 7) is 2.77. The Morgan fingerprint density at radius 1 is 1.29 bits per heavy atom. The van der Waals surface area contributed by atoms with Crippen molar-refractivity contribution < 1.29 is 4.79 Å². The molecule has 24 heavy (non-hydrogen) atoms. The van der Waals surface area contributed by atoms with Gasteiger partial charge >= 0.3 is 0 Å². The Labute approximate surface area is 146 Å². The van der Waals surface area contributed by atoms with Crippen molar-refractivity contribution in [2.24, 2.45) is 5.92 Å². The number of carbonyl (C=O) groups is 1. The molecular weight excluding hydrogens is 322 g/mol. The predicted molar refractivity (Wildman–Crippen MR) is 95.6 cm³/mol. The summed E-state index contributed by atoms with van der Waals surface area (Å²) in [5.41, 5.74) is 7.37. The standard InChI is InChI=1S/C17H23N5OS/c1-2-3-5-10-14-20-22-17(24-14)19-16(23)13-11-18-21-15(13)12-8-6-4-7-9-12/h4,6-9,13,15,18,21H,2-3,5,10-11H2,1H3,(H,19,22,23). The molecule has 1 aromatic heterocycles. The fourth-order valence-electron chi connectivity index (χ4n) is 2.85. The first-order chi connectivity index (χ1) is 11.8. The third-order valence-corrected chi connectivity index (χ3v) is 5.07. The van der Waals surface area contributed by atoms with Crippen molar-refractivity contribution in [1.29, 1.82) is 0 Å². The number of anilines is 1. The first kappa shape index (κ1) is 17.0. The van der Waals surface area contributed by atoms with Crippen molar-refractivity contribution in [3.8, 4) is 0 Å². The minimum atomic E-state index is -0.181. The van der Waals surface area contributed by atoms with Gasteiger partial charge in [-0.2, -0.15) is 0 Å². The monoisotopic (exact) mass is 345 g/mol. The van der Waals surface area contributed by atoms with Gasteiger partial charge in [-0.25, -0.2) is 5.43 Å². The minimum absolute atomic E-state index is 0.0300. The molecule has 128 valence electrons. The first-order valence-corrected chi connectivity index (χ1v) is 9.26. The van der Waals surface area contributed by atoms with Gasteiger partial charge in [0, 0.05) is 13.0 Å². The number of aryl methyl sites for hydroxylation is 1. The summed E-state index contributed by atoms with van der Waals surface area (Å²) < 4.78 is 0. The van der Waals surface area contributed by atoms with Gasteiger partial charge in [-0.1, -0.05) is 61.4 Å². The average molecular weight is 345 g/mol. The van der Waals surface area contributed by atoms with E-state index in [4.69, 9.17) is 0 Å². The van der Waals surface area contributed by atoms with Crippen LogP contribution < -0.4 is 16.2 Å². The molecule has 2 unspecified atom stereocenters. The van der Waals surface area contributed by atoms with Crippen molar-refractivity contribution in [3.05, 3.63) is 40.9 Å². The molecule has 0 radical (unpaired) electrons. The molecule has 7 heteroatoms. The van der Waals surface area contributed by atoms with Crippen molar-refractivity contribution in [1.82, 2.24) is 21.0 Å². The summed E-state index contributed by atoms with van der Waals surface area (Å²) in [6, 6.07) is 9.96. The van der Waals surface area contributed by atoms with Crippen LogP contribution in [0.4, 0.5) is 5.13 Å². The third-order valence-electron chi connectivity index (χ3n) is 4.17. The van der Waals surface area contributed by atoms with E-state index in [1.54, 1.807) is 0 Å². The van der Waals surface area contributed by atoms with Gasteiger partial charge in [0.1, 0.15) is 5.01 Å². The molecular formula is C17H23N5OS. The molecule has 6 nitrogen and oxygen atoms in total. The van der Waals surface area contributed by atoms with E-state index >= 15 is 0 Å². The molecule has 0 saturated carbocycles. The number of unbranched alkanes of at least 4 members (excludes halogenated alkanes) is 2. The maximum absolute atomic E-state index is 12.6. The lowest BCUT2D eigenvalue weighted by Gasteiger charge is -2.17. The van der Waals surface area contributed by atoms with E-state index in [1.165, 1.54) is 24.2 Å². The second-order valence-corrected chi connectivity index (χ2v) is 7.03. The average Bonchev–Trinajstić information content (AvgIpc) is 3.25. The topological polar surface area (TPSA) is 78.9 Å². The van der Waals surface area contributed by atoms with Crippen LogP contribution in [0.3, 0.4) is 0 Å². The van der Waals surface area contributed by atoms with E-state index in [2.05, 4.69) is 33.3 Å².